The quantitative estimate of drug-likeness (QED) is 0.472. The maximum absolute atomic E-state index is 13.5. The van der Waals surface area contributed by atoms with E-state index in [2.05, 4.69) is 79.5 Å². The fraction of sp³-hybridized carbons (Fsp3) is 0.667. The van der Waals surface area contributed by atoms with Gasteiger partial charge in [0.2, 0.25) is 5.91 Å². The highest BCUT2D eigenvalue weighted by Gasteiger charge is 2.51. The van der Waals surface area contributed by atoms with Gasteiger partial charge in [0.1, 0.15) is 6.29 Å². The Morgan fingerprint density at radius 2 is 1.75 bits per heavy atom. The number of nitrogens with zero attached hydrogens (tertiary/aromatic N) is 4. The molecule has 4 saturated heterocycles. The first-order valence-electron chi connectivity index (χ1n) is 14.0. The smallest absolute Gasteiger partial charge is 0.244 e. The molecule has 2 bridgehead atoms. The summed E-state index contributed by atoms with van der Waals surface area (Å²) >= 11 is 0. The molecule has 1 amide bonds. The van der Waals surface area contributed by atoms with Gasteiger partial charge in [-0.2, -0.15) is 5.01 Å². The molecule has 0 aliphatic carbocycles. The van der Waals surface area contributed by atoms with E-state index in [9.17, 15) is 4.79 Å². The highest BCUT2D eigenvalue weighted by Crippen LogP contribution is 2.32. The number of nitrogens with one attached hydrogen (secondary N) is 4. The Hall–Kier alpha value is -2.17. The van der Waals surface area contributed by atoms with E-state index in [1.54, 1.807) is 0 Å². The second-order valence-electron chi connectivity index (χ2n) is 11.1. The lowest BCUT2D eigenvalue weighted by molar-refractivity contribution is -0.145. The minimum absolute atomic E-state index is 0.0220. The minimum atomic E-state index is -0.0957. The number of likely N-dealkylation sites (N-methyl/N-ethyl adjacent to an activating group) is 1. The number of piperazine rings is 1. The number of hydrogen-bond acceptors (Lipinski definition) is 8. The number of benzene rings is 1. The summed E-state index contributed by atoms with van der Waals surface area (Å²) < 4.78 is 0. The summed E-state index contributed by atoms with van der Waals surface area (Å²) in [5.41, 5.74) is 2.36. The lowest BCUT2D eigenvalue weighted by Gasteiger charge is -2.45. The highest BCUT2D eigenvalue weighted by atomic mass is 16.2. The predicted molar refractivity (Wildman–Crippen MR) is 143 cm³/mol. The van der Waals surface area contributed by atoms with Gasteiger partial charge in [-0.05, 0) is 69.8 Å². The Balaban J connectivity index is 1.15. The molecule has 1 aromatic rings. The van der Waals surface area contributed by atoms with Gasteiger partial charge in [0.05, 0.1) is 24.8 Å². The van der Waals surface area contributed by atoms with Crippen molar-refractivity contribution >= 4 is 17.3 Å². The van der Waals surface area contributed by atoms with E-state index in [1.807, 2.05) is 5.01 Å². The van der Waals surface area contributed by atoms with Crippen LogP contribution >= 0.6 is 0 Å². The van der Waals surface area contributed by atoms with Gasteiger partial charge in [-0.3, -0.25) is 25.8 Å². The standard InChI is InChI=1S/C27H42N8O/c1-32-15-17-33(18-16-32)22-12-10-21(11-13-22)30-27-28-19-23-25(31-27)35-24-9-6-8-20(29-24)7-4-2-3-5-14-34(35)26(23)36/h3,5,10-13,20,23-25,27-31H,2,4,6-9,14-19H2,1H3/b5-3-. The molecule has 0 radical (unpaired) electrons. The zero-order valence-electron chi connectivity index (χ0n) is 21.5. The van der Waals surface area contributed by atoms with E-state index >= 15 is 0 Å². The first-order valence-corrected chi connectivity index (χ1v) is 14.0. The Kier molecular flexibility index (Phi) is 7.17. The fourth-order valence-electron chi connectivity index (χ4n) is 6.49. The Bertz CT molecular complexity index is 930. The van der Waals surface area contributed by atoms with E-state index in [1.165, 1.54) is 31.4 Å². The third-order valence-corrected chi connectivity index (χ3v) is 8.59. The SMILES string of the molecule is CN1CCN(c2ccc(NC3NCC4C(=O)N5C/C=C\CCCC6CCCC(N6)N5C4N3)cc2)CC1. The number of fused-ring (bicyclic) bond motifs is 6. The van der Waals surface area contributed by atoms with Crippen molar-refractivity contribution < 1.29 is 4.79 Å². The van der Waals surface area contributed by atoms with Crippen LogP contribution in [0.4, 0.5) is 11.4 Å². The molecule has 5 aliphatic rings. The van der Waals surface area contributed by atoms with Crippen LogP contribution in [0.3, 0.4) is 0 Å². The van der Waals surface area contributed by atoms with Crippen LogP contribution in [0.15, 0.2) is 36.4 Å². The first-order chi connectivity index (χ1) is 17.7. The van der Waals surface area contributed by atoms with Crippen LogP contribution in [0.5, 0.6) is 0 Å². The molecule has 6 rings (SSSR count). The van der Waals surface area contributed by atoms with Crippen molar-refractivity contribution in [2.24, 2.45) is 5.92 Å². The van der Waals surface area contributed by atoms with Crippen molar-refractivity contribution in [3.8, 4) is 0 Å². The van der Waals surface area contributed by atoms with E-state index in [0.29, 0.717) is 19.1 Å². The Morgan fingerprint density at radius 1 is 0.944 bits per heavy atom. The molecule has 4 N–H and O–H groups in total. The number of carbonyl (C=O) groups excluding carboxylic acids is 1. The summed E-state index contributed by atoms with van der Waals surface area (Å²) in [4.78, 5) is 18.3. The molecule has 9 heteroatoms. The third-order valence-electron chi connectivity index (χ3n) is 8.59. The van der Waals surface area contributed by atoms with Crippen molar-refractivity contribution in [2.75, 3.05) is 56.5 Å². The summed E-state index contributed by atoms with van der Waals surface area (Å²) in [6.07, 6.45) is 11.6. The van der Waals surface area contributed by atoms with Crippen molar-refractivity contribution in [3.05, 3.63) is 36.4 Å². The number of hydrazine groups is 1. The molecule has 5 heterocycles. The highest BCUT2D eigenvalue weighted by molar-refractivity contribution is 5.82. The largest absolute Gasteiger partial charge is 0.369 e. The lowest BCUT2D eigenvalue weighted by atomic mass is 9.97. The number of amides is 1. The molecule has 1 aromatic carbocycles. The number of carbonyl (C=O) groups is 1. The van der Waals surface area contributed by atoms with Gasteiger partial charge in [-0.15, -0.1) is 0 Å². The van der Waals surface area contributed by atoms with Crippen LogP contribution in [0.25, 0.3) is 0 Å². The second-order valence-corrected chi connectivity index (χ2v) is 11.1. The molecule has 0 aromatic heterocycles. The monoisotopic (exact) mass is 494 g/mol. The maximum atomic E-state index is 13.5. The minimum Gasteiger partial charge on any atom is -0.369 e. The summed E-state index contributed by atoms with van der Waals surface area (Å²) in [5.74, 6) is 0.143. The summed E-state index contributed by atoms with van der Waals surface area (Å²) in [6.45, 7) is 5.68. The number of allylic oxidation sites excluding steroid dienone is 1. The molecule has 196 valence electrons. The normalized spacial score (nSPS) is 35.0. The zero-order valence-corrected chi connectivity index (χ0v) is 21.5. The Labute approximate surface area is 215 Å². The summed E-state index contributed by atoms with van der Waals surface area (Å²) in [6, 6.07) is 9.31. The average molecular weight is 495 g/mol. The van der Waals surface area contributed by atoms with E-state index in [0.717, 1.165) is 44.7 Å². The molecule has 0 saturated carbocycles. The van der Waals surface area contributed by atoms with Crippen LogP contribution in [-0.4, -0.2) is 91.8 Å². The predicted octanol–water partition coefficient (Wildman–Crippen LogP) is 1.54. The van der Waals surface area contributed by atoms with Gasteiger partial charge in [0.15, 0.2) is 0 Å². The topological polar surface area (TPSA) is 78.2 Å². The number of hydrogen-bond donors (Lipinski definition) is 4. The first kappa shape index (κ1) is 24.2. The summed E-state index contributed by atoms with van der Waals surface area (Å²) in [7, 11) is 2.19. The molecule has 4 fully saturated rings. The van der Waals surface area contributed by atoms with Crippen molar-refractivity contribution in [1.29, 1.82) is 0 Å². The molecular formula is C27H42N8O. The van der Waals surface area contributed by atoms with Crippen LogP contribution in [0.1, 0.15) is 38.5 Å². The van der Waals surface area contributed by atoms with Crippen LogP contribution in [0, 0.1) is 5.92 Å². The fourth-order valence-corrected chi connectivity index (χ4v) is 6.49. The lowest BCUT2D eigenvalue weighted by Crippen LogP contribution is -2.68. The molecule has 5 aliphatic heterocycles. The summed E-state index contributed by atoms with van der Waals surface area (Å²) in [5, 5.41) is 19.1. The molecule has 9 nitrogen and oxygen atoms in total. The van der Waals surface area contributed by atoms with Crippen LogP contribution in [-0.2, 0) is 4.79 Å². The van der Waals surface area contributed by atoms with Crippen LogP contribution in [0.2, 0.25) is 0 Å². The van der Waals surface area contributed by atoms with Gasteiger partial charge >= 0.3 is 0 Å². The second kappa shape index (κ2) is 10.7. The van der Waals surface area contributed by atoms with E-state index < -0.39 is 0 Å². The zero-order chi connectivity index (χ0) is 24.5. The number of rotatable bonds is 3. The van der Waals surface area contributed by atoms with Crippen LogP contribution < -0.4 is 26.2 Å². The third kappa shape index (κ3) is 4.99. The van der Waals surface area contributed by atoms with E-state index in [-0.39, 0.29) is 30.4 Å². The van der Waals surface area contributed by atoms with Gasteiger partial charge in [0.25, 0.3) is 0 Å². The number of anilines is 2. The van der Waals surface area contributed by atoms with Crippen molar-refractivity contribution in [1.82, 2.24) is 30.9 Å². The van der Waals surface area contributed by atoms with Gasteiger partial charge < -0.3 is 15.1 Å². The van der Waals surface area contributed by atoms with Crippen molar-refractivity contribution in [3.63, 3.8) is 0 Å². The number of piperidine rings is 1. The molecule has 36 heavy (non-hydrogen) atoms. The van der Waals surface area contributed by atoms with Gasteiger partial charge in [-0.25, -0.2) is 0 Å². The van der Waals surface area contributed by atoms with Gasteiger partial charge in [-0.1, -0.05) is 12.2 Å². The average Bonchev–Trinajstić information content (AvgIpc) is 3.16. The molecular weight excluding hydrogens is 452 g/mol. The molecule has 5 atom stereocenters. The molecule has 5 unspecified atom stereocenters. The molecule has 0 spiro atoms. The maximum Gasteiger partial charge on any atom is 0.244 e. The van der Waals surface area contributed by atoms with E-state index in [4.69, 9.17) is 0 Å². The Morgan fingerprint density at radius 3 is 2.58 bits per heavy atom. The van der Waals surface area contributed by atoms with Crippen molar-refractivity contribution in [2.45, 2.75) is 63.2 Å². The van der Waals surface area contributed by atoms with Gasteiger partial charge in [0, 0.05) is 50.1 Å².